The summed E-state index contributed by atoms with van der Waals surface area (Å²) < 4.78 is 0.618. The van der Waals surface area contributed by atoms with Crippen LogP contribution in [0.15, 0.2) is 22.7 Å². The third-order valence-corrected chi connectivity index (χ3v) is 3.03. The molecule has 0 saturated heterocycles. The summed E-state index contributed by atoms with van der Waals surface area (Å²) in [5.74, 6) is -3.15. The minimum Gasteiger partial charge on any atom is -0.545 e. The van der Waals surface area contributed by atoms with E-state index in [1.54, 1.807) is 12.1 Å². The molecule has 0 saturated carbocycles. The number of halogens is 1. The summed E-state index contributed by atoms with van der Waals surface area (Å²) in [7, 11) is 0. The van der Waals surface area contributed by atoms with Gasteiger partial charge in [-0.3, -0.25) is 4.98 Å². The van der Waals surface area contributed by atoms with Crippen LogP contribution in [0.4, 0.5) is 0 Å². The Labute approximate surface area is 110 Å². The van der Waals surface area contributed by atoms with Gasteiger partial charge in [0.1, 0.15) is 0 Å². The van der Waals surface area contributed by atoms with Gasteiger partial charge in [0, 0.05) is 26.7 Å². The molecule has 1 heterocycles. The molecule has 1 aromatic carbocycles. The van der Waals surface area contributed by atoms with Gasteiger partial charge in [-0.15, -0.1) is 0 Å². The third-order valence-electron chi connectivity index (χ3n) is 2.54. The Hall–Kier alpha value is -1.95. The van der Waals surface area contributed by atoms with Gasteiger partial charge in [-0.05, 0) is 25.1 Å². The number of carbonyl (C=O) groups excluding carboxylic acids is 2. The molecule has 92 valence electrons. The Morgan fingerprint density at radius 2 is 1.78 bits per heavy atom. The molecule has 18 heavy (non-hydrogen) atoms. The lowest BCUT2D eigenvalue weighted by atomic mass is 10.0. The van der Waals surface area contributed by atoms with E-state index in [9.17, 15) is 19.8 Å². The number of benzene rings is 1. The molecule has 2 aromatic rings. The van der Waals surface area contributed by atoms with E-state index in [0.717, 1.165) is 0 Å². The highest BCUT2D eigenvalue weighted by atomic mass is 79.9. The molecule has 0 aliphatic heterocycles. The van der Waals surface area contributed by atoms with Gasteiger partial charge in [-0.1, -0.05) is 15.9 Å². The molecule has 0 unspecified atom stereocenters. The standard InChI is InChI=1S/C12H8BrNO4/c1-5-9(11(15)16)10(12(17)18)7-4-6(13)2-3-8(7)14-5/h2-4H,1H3,(H,15,16)(H,17,18)/p-2. The zero-order chi connectivity index (χ0) is 13.4. The largest absolute Gasteiger partial charge is 0.545 e. The molecule has 0 aliphatic rings. The minimum atomic E-state index is -1.58. The summed E-state index contributed by atoms with van der Waals surface area (Å²) in [5.41, 5.74) is -0.372. The van der Waals surface area contributed by atoms with Crippen molar-refractivity contribution < 1.29 is 19.8 Å². The second-order valence-corrected chi connectivity index (χ2v) is 4.60. The van der Waals surface area contributed by atoms with Crippen LogP contribution in [0.5, 0.6) is 0 Å². The average molecular weight is 308 g/mol. The highest BCUT2D eigenvalue weighted by Gasteiger charge is 2.14. The van der Waals surface area contributed by atoms with Crippen molar-refractivity contribution in [3.05, 3.63) is 39.5 Å². The number of carboxylic acid groups (broad SMARTS) is 2. The van der Waals surface area contributed by atoms with Crippen molar-refractivity contribution in [3.8, 4) is 0 Å². The lowest BCUT2D eigenvalue weighted by Gasteiger charge is -2.16. The molecule has 6 heteroatoms. The van der Waals surface area contributed by atoms with Gasteiger partial charge in [-0.25, -0.2) is 0 Å². The lowest BCUT2D eigenvalue weighted by molar-refractivity contribution is -0.259. The topological polar surface area (TPSA) is 93.2 Å². The predicted octanol–water partition coefficient (Wildman–Crippen LogP) is 0.0327. The van der Waals surface area contributed by atoms with Crippen molar-refractivity contribution in [1.29, 1.82) is 0 Å². The zero-order valence-electron chi connectivity index (χ0n) is 9.19. The second-order valence-electron chi connectivity index (χ2n) is 3.68. The first-order valence-electron chi connectivity index (χ1n) is 4.94. The molecule has 0 atom stereocenters. The van der Waals surface area contributed by atoms with Crippen LogP contribution >= 0.6 is 15.9 Å². The monoisotopic (exact) mass is 307 g/mol. The fourth-order valence-electron chi connectivity index (χ4n) is 1.82. The van der Waals surface area contributed by atoms with Gasteiger partial charge in [-0.2, -0.15) is 0 Å². The van der Waals surface area contributed by atoms with Crippen LogP contribution in [0.3, 0.4) is 0 Å². The van der Waals surface area contributed by atoms with E-state index in [-0.39, 0.29) is 11.1 Å². The second kappa shape index (κ2) is 4.38. The van der Waals surface area contributed by atoms with Crippen LogP contribution in [0.2, 0.25) is 0 Å². The SMILES string of the molecule is Cc1nc2ccc(Br)cc2c(C(=O)[O-])c1C(=O)[O-]. The predicted molar refractivity (Wildman–Crippen MR) is 62.8 cm³/mol. The van der Waals surface area contributed by atoms with E-state index in [1.165, 1.54) is 13.0 Å². The fourth-order valence-corrected chi connectivity index (χ4v) is 2.18. The molecule has 0 amide bonds. The van der Waals surface area contributed by atoms with Gasteiger partial charge < -0.3 is 19.8 Å². The van der Waals surface area contributed by atoms with E-state index in [1.807, 2.05) is 0 Å². The van der Waals surface area contributed by atoms with Crippen LogP contribution in [0.25, 0.3) is 10.9 Å². The zero-order valence-corrected chi connectivity index (χ0v) is 10.8. The van der Waals surface area contributed by atoms with Gasteiger partial charge in [0.05, 0.1) is 17.5 Å². The van der Waals surface area contributed by atoms with Crippen LogP contribution < -0.4 is 10.2 Å². The first kappa shape index (κ1) is 12.5. The van der Waals surface area contributed by atoms with Crippen molar-refractivity contribution >= 4 is 38.8 Å². The number of pyridine rings is 1. The van der Waals surface area contributed by atoms with Crippen molar-refractivity contribution in [3.63, 3.8) is 0 Å². The smallest absolute Gasteiger partial charge is 0.0740 e. The summed E-state index contributed by atoms with van der Waals surface area (Å²) in [6.07, 6.45) is 0. The van der Waals surface area contributed by atoms with Gasteiger partial charge in [0.15, 0.2) is 0 Å². The lowest BCUT2D eigenvalue weighted by Crippen LogP contribution is -2.31. The highest BCUT2D eigenvalue weighted by Crippen LogP contribution is 2.25. The molecular weight excluding hydrogens is 302 g/mol. The Balaban J connectivity index is 3.01. The van der Waals surface area contributed by atoms with Crippen LogP contribution in [0, 0.1) is 6.92 Å². The van der Waals surface area contributed by atoms with E-state index < -0.39 is 23.1 Å². The quantitative estimate of drug-likeness (QED) is 0.780. The molecule has 0 N–H and O–H groups in total. The molecule has 5 nitrogen and oxygen atoms in total. The Kier molecular flexibility index (Phi) is 3.04. The number of aryl methyl sites for hydroxylation is 1. The molecule has 1 aromatic heterocycles. The average Bonchev–Trinajstić information content (AvgIpc) is 2.27. The maximum atomic E-state index is 11.2. The molecular formula is C12H6BrNO4-2. The van der Waals surface area contributed by atoms with E-state index in [4.69, 9.17) is 0 Å². The van der Waals surface area contributed by atoms with Crippen molar-refractivity contribution in [2.75, 3.05) is 0 Å². The molecule has 0 aliphatic carbocycles. The third kappa shape index (κ3) is 1.95. The molecule has 0 bridgehead atoms. The number of carbonyl (C=O) groups is 2. The molecule has 0 radical (unpaired) electrons. The highest BCUT2D eigenvalue weighted by molar-refractivity contribution is 9.10. The van der Waals surface area contributed by atoms with E-state index >= 15 is 0 Å². The number of fused-ring (bicyclic) bond motifs is 1. The summed E-state index contributed by atoms with van der Waals surface area (Å²) in [5, 5.41) is 22.4. The number of rotatable bonds is 2. The maximum Gasteiger partial charge on any atom is 0.0740 e. The summed E-state index contributed by atoms with van der Waals surface area (Å²) in [4.78, 5) is 26.2. The normalized spacial score (nSPS) is 10.6. The van der Waals surface area contributed by atoms with Crippen LogP contribution in [-0.4, -0.2) is 16.9 Å². The van der Waals surface area contributed by atoms with Gasteiger partial charge in [0.2, 0.25) is 0 Å². The fraction of sp³-hybridized carbons (Fsp3) is 0.0833. The number of aromatic carboxylic acids is 2. The first-order valence-corrected chi connectivity index (χ1v) is 5.73. The van der Waals surface area contributed by atoms with Crippen molar-refractivity contribution in [2.45, 2.75) is 6.92 Å². The summed E-state index contributed by atoms with van der Waals surface area (Å²) >= 11 is 3.19. The first-order chi connectivity index (χ1) is 8.41. The summed E-state index contributed by atoms with van der Waals surface area (Å²) in [6, 6.07) is 4.77. The summed E-state index contributed by atoms with van der Waals surface area (Å²) in [6.45, 7) is 1.42. The number of carboxylic acids is 2. The Bertz CT molecular complexity index is 681. The Morgan fingerprint density at radius 3 is 2.33 bits per heavy atom. The molecule has 0 spiro atoms. The van der Waals surface area contributed by atoms with E-state index in [0.29, 0.717) is 9.99 Å². The number of nitrogens with zero attached hydrogens (tertiary/aromatic N) is 1. The molecule has 2 rings (SSSR count). The number of hydrogen-bond donors (Lipinski definition) is 0. The van der Waals surface area contributed by atoms with Gasteiger partial charge in [0.25, 0.3) is 0 Å². The minimum absolute atomic E-state index is 0.0871. The number of aromatic nitrogens is 1. The van der Waals surface area contributed by atoms with Crippen molar-refractivity contribution in [1.82, 2.24) is 4.98 Å². The maximum absolute atomic E-state index is 11.2. The van der Waals surface area contributed by atoms with Crippen LogP contribution in [0.1, 0.15) is 26.4 Å². The van der Waals surface area contributed by atoms with Crippen LogP contribution in [-0.2, 0) is 0 Å². The van der Waals surface area contributed by atoms with Gasteiger partial charge >= 0.3 is 0 Å². The van der Waals surface area contributed by atoms with E-state index in [2.05, 4.69) is 20.9 Å². The van der Waals surface area contributed by atoms with Crippen molar-refractivity contribution in [2.24, 2.45) is 0 Å². The number of hydrogen-bond acceptors (Lipinski definition) is 5. The molecule has 0 fully saturated rings. The Morgan fingerprint density at radius 1 is 1.17 bits per heavy atom.